The Morgan fingerprint density at radius 3 is 2.56 bits per heavy atom. The molecule has 0 fully saturated rings. The zero-order valence-corrected chi connectivity index (χ0v) is 12.9. The fourth-order valence-corrected chi connectivity index (χ4v) is 2.56. The van der Waals surface area contributed by atoms with Crippen LogP contribution in [0.4, 0.5) is 0 Å². The molecule has 1 unspecified atom stereocenters. The fraction of sp³-hybridized carbons (Fsp3) is 0.286. The predicted octanol–water partition coefficient (Wildman–Crippen LogP) is 4.82. The molecule has 0 aliphatic rings. The molecule has 0 bridgehead atoms. The highest BCUT2D eigenvalue weighted by Gasteiger charge is 2.11. The minimum absolute atomic E-state index is 0.0648. The molecule has 0 aliphatic carbocycles. The molecule has 1 heterocycles. The van der Waals surface area contributed by atoms with Crippen LogP contribution in [-0.4, -0.2) is 9.97 Å². The van der Waals surface area contributed by atoms with E-state index in [0.29, 0.717) is 0 Å². The van der Waals surface area contributed by atoms with Gasteiger partial charge in [-0.2, -0.15) is 0 Å². The molecule has 18 heavy (non-hydrogen) atoms. The van der Waals surface area contributed by atoms with Crippen molar-refractivity contribution in [2.75, 3.05) is 0 Å². The highest BCUT2D eigenvalue weighted by molar-refractivity contribution is 9.10. The van der Waals surface area contributed by atoms with Gasteiger partial charge in [-0.1, -0.05) is 15.9 Å². The second-order valence-electron chi connectivity index (χ2n) is 4.31. The van der Waals surface area contributed by atoms with E-state index < -0.39 is 0 Å². The third-order valence-corrected chi connectivity index (χ3v) is 3.60. The van der Waals surface area contributed by atoms with E-state index in [9.17, 15) is 0 Å². The molecule has 0 spiro atoms. The monoisotopic (exact) mass is 324 g/mol. The fourth-order valence-electron chi connectivity index (χ4n) is 1.87. The number of hydrogen-bond acceptors (Lipinski definition) is 2. The molecule has 0 saturated carbocycles. The van der Waals surface area contributed by atoms with Gasteiger partial charge in [-0.15, -0.1) is 11.6 Å². The Kier molecular flexibility index (Phi) is 4.03. The predicted molar refractivity (Wildman–Crippen MR) is 78.9 cm³/mol. The van der Waals surface area contributed by atoms with Gasteiger partial charge in [0.1, 0.15) is 0 Å². The number of aromatic nitrogens is 2. The molecule has 94 valence electrons. The molecule has 1 atom stereocenters. The molecule has 4 heteroatoms. The summed E-state index contributed by atoms with van der Waals surface area (Å²) in [6.07, 6.45) is 1.82. The van der Waals surface area contributed by atoms with E-state index in [0.717, 1.165) is 32.7 Å². The number of rotatable bonds is 2. The van der Waals surface area contributed by atoms with Crippen LogP contribution in [0.5, 0.6) is 0 Å². The first kappa shape index (κ1) is 13.5. The average molecular weight is 326 g/mol. The molecule has 2 aromatic rings. The van der Waals surface area contributed by atoms with Crippen LogP contribution in [0.3, 0.4) is 0 Å². The molecule has 2 rings (SSSR count). The molecule has 1 aromatic heterocycles. The lowest BCUT2D eigenvalue weighted by atomic mass is 10.1. The maximum atomic E-state index is 6.07. The second kappa shape index (κ2) is 5.37. The van der Waals surface area contributed by atoms with Crippen LogP contribution in [0, 0.1) is 13.8 Å². The largest absolute Gasteiger partial charge is 0.236 e. The minimum Gasteiger partial charge on any atom is -0.236 e. The Labute approximate surface area is 121 Å². The Bertz CT molecular complexity index is 582. The van der Waals surface area contributed by atoms with Crippen molar-refractivity contribution in [1.29, 1.82) is 0 Å². The maximum absolute atomic E-state index is 6.07. The minimum atomic E-state index is -0.0648. The number of alkyl halides is 1. The summed E-state index contributed by atoms with van der Waals surface area (Å²) in [5, 5.41) is -0.0648. The van der Waals surface area contributed by atoms with Crippen LogP contribution in [0.2, 0.25) is 0 Å². The van der Waals surface area contributed by atoms with E-state index in [1.165, 1.54) is 0 Å². The van der Waals surface area contributed by atoms with Crippen molar-refractivity contribution in [3.63, 3.8) is 0 Å². The van der Waals surface area contributed by atoms with Gasteiger partial charge in [-0.05, 0) is 44.5 Å². The van der Waals surface area contributed by atoms with Gasteiger partial charge in [0.25, 0.3) is 0 Å². The number of aryl methyl sites for hydroxylation is 2. The smallest absolute Gasteiger partial charge is 0.159 e. The number of hydrogen-bond donors (Lipinski definition) is 0. The van der Waals surface area contributed by atoms with Crippen molar-refractivity contribution in [2.24, 2.45) is 0 Å². The van der Waals surface area contributed by atoms with Gasteiger partial charge in [0, 0.05) is 27.5 Å². The molecule has 2 nitrogen and oxygen atoms in total. The van der Waals surface area contributed by atoms with Gasteiger partial charge >= 0.3 is 0 Å². The molecule has 0 N–H and O–H groups in total. The van der Waals surface area contributed by atoms with E-state index >= 15 is 0 Å². The van der Waals surface area contributed by atoms with E-state index in [1.807, 2.05) is 32.2 Å². The third kappa shape index (κ3) is 2.73. The standard InChI is InChI=1S/C14H14BrClN2/c1-8-6-11(15)4-5-12(8)14-17-7-13(9(2)16)10(3)18-14/h4-7,9H,1-3H3. The van der Waals surface area contributed by atoms with Crippen LogP contribution in [0.15, 0.2) is 28.9 Å². The van der Waals surface area contributed by atoms with Crippen LogP contribution in [0.25, 0.3) is 11.4 Å². The lowest BCUT2D eigenvalue weighted by Crippen LogP contribution is -1.99. The third-order valence-electron chi connectivity index (χ3n) is 2.88. The van der Waals surface area contributed by atoms with E-state index in [4.69, 9.17) is 11.6 Å². The SMILES string of the molecule is Cc1cc(Br)ccc1-c1ncc(C(C)Cl)c(C)n1. The first-order valence-electron chi connectivity index (χ1n) is 5.73. The van der Waals surface area contributed by atoms with Gasteiger partial charge in [0.2, 0.25) is 0 Å². The van der Waals surface area contributed by atoms with Crippen LogP contribution < -0.4 is 0 Å². The van der Waals surface area contributed by atoms with Crippen molar-refractivity contribution < 1.29 is 0 Å². The van der Waals surface area contributed by atoms with Gasteiger partial charge in [0.15, 0.2) is 5.82 Å². The van der Waals surface area contributed by atoms with Crippen molar-refractivity contribution in [3.05, 3.63) is 45.7 Å². The second-order valence-corrected chi connectivity index (χ2v) is 5.88. The normalized spacial score (nSPS) is 12.5. The average Bonchev–Trinajstić information content (AvgIpc) is 2.28. The van der Waals surface area contributed by atoms with Gasteiger partial charge in [-0.25, -0.2) is 9.97 Å². The van der Waals surface area contributed by atoms with Gasteiger partial charge < -0.3 is 0 Å². The molecule has 1 aromatic carbocycles. The summed E-state index contributed by atoms with van der Waals surface area (Å²) in [5.74, 6) is 0.749. The Morgan fingerprint density at radius 2 is 2.00 bits per heavy atom. The van der Waals surface area contributed by atoms with Crippen molar-refractivity contribution in [2.45, 2.75) is 26.1 Å². The molecular weight excluding hydrogens is 312 g/mol. The first-order chi connectivity index (χ1) is 8.49. The molecule has 0 amide bonds. The quantitative estimate of drug-likeness (QED) is 0.740. The summed E-state index contributed by atoms with van der Waals surface area (Å²) in [7, 11) is 0. The zero-order chi connectivity index (χ0) is 13.3. The molecule has 0 saturated heterocycles. The van der Waals surface area contributed by atoms with Gasteiger partial charge in [0.05, 0.1) is 5.38 Å². The lowest BCUT2D eigenvalue weighted by molar-refractivity contribution is 0.975. The lowest BCUT2D eigenvalue weighted by Gasteiger charge is -2.10. The van der Waals surface area contributed by atoms with Crippen molar-refractivity contribution >= 4 is 27.5 Å². The topological polar surface area (TPSA) is 25.8 Å². The summed E-state index contributed by atoms with van der Waals surface area (Å²) in [5.41, 5.74) is 4.12. The Morgan fingerprint density at radius 1 is 1.28 bits per heavy atom. The maximum Gasteiger partial charge on any atom is 0.159 e. The summed E-state index contributed by atoms with van der Waals surface area (Å²) >= 11 is 9.53. The Balaban J connectivity index is 2.49. The number of nitrogens with zero attached hydrogens (tertiary/aromatic N) is 2. The summed E-state index contributed by atoms with van der Waals surface area (Å²) in [6, 6.07) is 6.09. The van der Waals surface area contributed by atoms with Crippen LogP contribution in [-0.2, 0) is 0 Å². The highest BCUT2D eigenvalue weighted by atomic mass is 79.9. The van der Waals surface area contributed by atoms with Crippen molar-refractivity contribution in [1.82, 2.24) is 9.97 Å². The molecule has 0 radical (unpaired) electrons. The van der Waals surface area contributed by atoms with E-state index in [2.05, 4.69) is 38.9 Å². The van der Waals surface area contributed by atoms with Gasteiger partial charge in [-0.3, -0.25) is 0 Å². The zero-order valence-electron chi connectivity index (χ0n) is 10.5. The highest BCUT2D eigenvalue weighted by Crippen LogP contribution is 2.26. The van der Waals surface area contributed by atoms with E-state index in [1.54, 1.807) is 0 Å². The number of halogens is 2. The van der Waals surface area contributed by atoms with Crippen LogP contribution in [0.1, 0.15) is 29.1 Å². The van der Waals surface area contributed by atoms with Crippen molar-refractivity contribution in [3.8, 4) is 11.4 Å². The molecular formula is C14H14BrClN2. The summed E-state index contributed by atoms with van der Waals surface area (Å²) in [6.45, 7) is 5.95. The number of benzene rings is 1. The van der Waals surface area contributed by atoms with Crippen LogP contribution >= 0.6 is 27.5 Å². The first-order valence-corrected chi connectivity index (χ1v) is 6.96. The Hall–Kier alpha value is -0.930. The summed E-state index contributed by atoms with van der Waals surface area (Å²) in [4.78, 5) is 8.95. The molecule has 0 aliphatic heterocycles. The van der Waals surface area contributed by atoms with E-state index in [-0.39, 0.29) is 5.38 Å². The summed E-state index contributed by atoms with van der Waals surface area (Å²) < 4.78 is 1.06.